The second-order valence-corrected chi connectivity index (χ2v) is 5.17. The highest BCUT2D eigenvalue weighted by molar-refractivity contribution is 7.80. The summed E-state index contributed by atoms with van der Waals surface area (Å²) in [5, 5.41) is 7.25. The number of carbonyl (C=O) groups is 1. The summed E-state index contributed by atoms with van der Waals surface area (Å²) in [6.45, 7) is 1.96. The number of ether oxygens (including phenoxy) is 1. The predicted molar refractivity (Wildman–Crippen MR) is 82.4 cm³/mol. The maximum absolute atomic E-state index is 12.1. The standard InChI is InChI=1S/C14H15ClN2O2S/c1-3-10-11(13(18)19-2)12(17-14(20)16-10)8-4-6-9(15)7-5-8/h4-7,12H,3H2,1-2H3,(H2,16,17,20)/t12-/m0/s1. The molecule has 1 aliphatic heterocycles. The lowest BCUT2D eigenvalue weighted by Gasteiger charge is -2.30. The Morgan fingerprint density at radius 1 is 1.40 bits per heavy atom. The molecular formula is C14H15ClN2O2S. The van der Waals surface area contributed by atoms with Crippen LogP contribution in [-0.2, 0) is 9.53 Å². The van der Waals surface area contributed by atoms with Crippen LogP contribution in [0.5, 0.6) is 0 Å². The quantitative estimate of drug-likeness (QED) is 0.664. The SMILES string of the molecule is CCC1=C(C(=O)OC)[C@H](c2ccc(Cl)cc2)NC(=S)N1. The molecule has 0 radical (unpaired) electrons. The Hall–Kier alpha value is -1.59. The molecular weight excluding hydrogens is 296 g/mol. The smallest absolute Gasteiger partial charge is 0.337 e. The maximum Gasteiger partial charge on any atom is 0.337 e. The van der Waals surface area contributed by atoms with Crippen LogP contribution in [0.25, 0.3) is 0 Å². The second kappa shape index (κ2) is 6.24. The highest BCUT2D eigenvalue weighted by Gasteiger charge is 2.31. The number of halogens is 1. The Labute approximate surface area is 128 Å². The van der Waals surface area contributed by atoms with Crippen molar-refractivity contribution in [3.05, 3.63) is 46.1 Å². The fourth-order valence-electron chi connectivity index (χ4n) is 2.15. The molecule has 106 valence electrons. The Balaban J connectivity index is 2.49. The van der Waals surface area contributed by atoms with E-state index >= 15 is 0 Å². The fraction of sp³-hybridized carbons (Fsp3) is 0.286. The van der Waals surface area contributed by atoms with E-state index in [9.17, 15) is 4.79 Å². The van der Waals surface area contributed by atoms with Gasteiger partial charge in [-0.2, -0.15) is 0 Å². The molecule has 4 nitrogen and oxygen atoms in total. The maximum atomic E-state index is 12.1. The van der Waals surface area contributed by atoms with Gasteiger partial charge in [-0.15, -0.1) is 0 Å². The van der Waals surface area contributed by atoms with Gasteiger partial charge in [0.05, 0.1) is 18.7 Å². The van der Waals surface area contributed by atoms with E-state index < -0.39 is 0 Å². The number of thiocarbonyl (C=S) groups is 1. The molecule has 6 heteroatoms. The van der Waals surface area contributed by atoms with Gasteiger partial charge in [-0.25, -0.2) is 4.79 Å². The van der Waals surface area contributed by atoms with Gasteiger partial charge in [-0.05, 0) is 36.3 Å². The van der Waals surface area contributed by atoms with Gasteiger partial charge in [0, 0.05) is 10.7 Å². The fourth-order valence-corrected chi connectivity index (χ4v) is 2.52. The van der Waals surface area contributed by atoms with Gasteiger partial charge in [0.25, 0.3) is 0 Å². The van der Waals surface area contributed by atoms with Crippen LogP contribution in [0.3, 0.4) is 0 Å². The van der Waals surface area contributed by atoms with E-state index in [1.54, 1.807) is 12.1 Å². The average molecular weight is 311 g/mol. The van der Waals surface area contributed by atoms with E-state index in [1.165, 1.54) is 7.11 Å². The molecule has 0 fully saturated rings. The van der Waals surface area contributed by atoms with Crippen LogP contribution in [0.4, 0.5) is 0 Å². The number of esters is 1. The summed E-state index contributed by atoms with van der Waals surface area (Å²) in [5.41, 5.74) is 2.23. The summed E-state index contributed by atoms with van der Waals surface area (Å²) in [6.07, 6.45) is 0.663. The average Bonchev–Trinajstić information content (AvgIpc) is 2.46. The molecule has 0 aromatic heterocycles. The first-order valence-corrected chi connectivity index (χ1v) is 6.99. The number of nitrogens with one attached hydrogen (secondary N) is 2. The summed E-state index contributed by atoms with van der Waals surface area (Å²) in [6, 6.07) is 6.96. The molecule has 0 saturated carbocycles. The molecule has 2 rings (SSSR count). The van der Waals surface area contributed by atoms with Gasteiger partial charge in [-0.1, -0.05) is 30.7 Å². The normalized spacial score (nSPS) is 18.4. The van der Waals surface area contributed by atoms with Crippen LogP contribution in [0.15, 0.2) is 35.5 Å². The van der Waals surface area contributed by atoms with Gasteiger partial charge in [0.1, 0.15) is 0 Å². The number of rotatable bonds is 3. The summed E-state index contributed by atoms with van der Waals surface area (Å²) in [4.78, 5) is 12.1. The Bertz CT molecular complexity index is 569. The molecule has 2 N–H and O–H groups in total. The monoisotopic (exact) mass is 310 g/mol. The summed E-state index contributed by atoms with van der Waals surface area (Å²) < 4.78 is 4.89. The van der Waals surface area contributed by atoms with Crippen molar-refractivity contribution in [2.45, 2.75) is 19.4 Å². The van der Waals surface area contributed by atoms with Crippen molar-refractivity contribution in [2.24, 2.45) is 0 Å². The molecule has 20 heavy (non-hydrogen) atoms. The highest BCUT2D eigenvalue weighted by atomic mass is 35.5. The second-order valence-electron chi connectivity index (χ2n) is 4.32. The number of allylic oxidation sites excluding steroid dienone is 1. The molecule has 1 aliphatic rings. The van der Waals surface area contributed by atoms with Gasteiger partial charge in [-0.3, -0.25) is 0 Å². The van der Waals surface area contributed by atoms with E-state index in [4.69, 9.17) is 28.6 Å². The lowest BCUT2D eigenvalue weighted by Crippen LogP contribution is -2.45. The van der Waals surface area contributed by atoms with Crippen molar-refractivity contribution in [1.29, 1.82) is 0 Å². The van der Waals surface area contributed by atoms with Gasteiger partial charge >= 0.3 is 5.97 Å². The highest BCUT2D eigenvalue weighted by Crippen LogP contribution is 2.29. The third-order valence-electron chi connectivity index (χ3n) is 3.12. The molecule has 0 saturated heterocycles. The van der Waals surface area contributed by atoms with Crippen molar-refractivity contribution in [2.75, 3.05) is 7.11 Å². The van der Waals surface area contributed by atoms with Crippen LogP contribution >= 0.6 is 23.8 Å². The van der Waals surface area contributed by atoms with E-state index in [0.29, 0.717) is 22.1 Å². The van der Waals surface area contributed by atoms with Gasteiger partial charge in [0.15, 0.2) is 5.11 Å². The molecule has 0 aliphatic carbocycles. The van der Waals surface area contributed by atoms with Crippen molar-refractivity contribution in [1.82, 2.24) is 10.6 Å². The third-order valence-corrected chi connectivity index (χ3v) is 3.59. The first-order valence-electron chi connectivity index (χ1n) is 6.21. The molecule has 1 aromatic rings. The van der Waals surface area contributed by atoms with Crippen LogP contribution in [0.2, 0.25) is 5.02 Å². The molecule has 1 atom stereocenters. The molecule has 0 unspecified atom stereocenters. The summed E-state index contributed by atoms with van der Waals surface area (Å²) in [7, 11) is 1.37. The van der Waals surface area contributed by atoms with Gasteiger partial charge < -0.3 is 15.4 Å². The zero-order valence-corrected chi connectivity index (χ0v) is 12.8. The van der Waals surface area contributed by atoms with Crippen molar-refractivity contribution in [3.8, 4) is 0 Å². The van der Waals surface area contributed by atoms with Crippen molar-refractivity contribution >= 4 is 34.9 Å². The Morgan fingerprint density at radius 3 is 2.60 bits per heavy atom. The van der Waals surface area contributed by atoms with Crippen LogP contribution in [0, 0.1) is 0 Å². The summed E-state index contributed by atoms with van der Waals surface area (Å²) >= 11 is 11.1. The van der Waals surface area contributed by atoms with Crippen molar-refractivity contribution in [3.63, 3.8) is 0 Å². The number of carbonyl (C=O) groups excluding carboxylic acids is 1. The van der Waals surface area contributed by atoms with Crippen LogP contribution in [-0.4, -0.2) is 18.2 Å². The van der Waals surface area contributed by atoms with Crippen LogP contribution in [0.1, 0.15) is 24.9 Å². The minimum absolute atomic E-state index is 0.330. The topological polar surface area (TPSA) is 50.4 Å². The number of benzene rings is 1. The molecule has 1 aromatic carbocycles. The van der Waals surface area contributed by atoms with E-state index in [2.05, 4.69) is 10.6 Å². The largest absolute Gasteiger partial charge is 0.466 e. The Kier molecular flexibility index (Phi) is 4.62. The number of hydrogen-bond acceptors (Lipinski definition) is 3. The van der Waals surface area contributed by atoms with E-state index in [1.807, 2.05) is 19.1 Å². The third kappa shape index (κ3) is 2.94. The summed E-state index contributed by atoms with van der Waals surface area (Å²) in [5.74, 6) is -0.371. The first-order chi connectivity index (χ1) is 9.56. The molecule has 0 amide bonds. The number of methoxy groups -OCH3 is 1. The predicted octanol–water partition coefficient (Wildman–Crippen LogP) is 2.70. The zero-order chi connectivity index (χ0) is 14.7. The minimum atomic E-state index is -0.371. The number of hydrogen-bond donors (Lipinski definition) is 2. The Morgan fingerprint density at radius 2 is 2.05 bits per heavy atom. The van der Waals surface area contributed by atoms with Crippen LogP contribution < -0.4 is 10.6 Å². The first kappa shape index (κ1) is 14.8. The van der Waals surface area contributed by atoms with E-state index in [-0.39, 0.29) is 12.0 Å². The zero-order valence-electron chi connectivity index (χ0n) is 11.2. The minimum Gasteiger partial charge on any atom is -0.466 e. The molecule has 0 bridgehead atoms. The lowest BCUT2D eigenvalue weighted by molar-refractivity contribution is -0.136. The van der Waals surface area contributed by atoms with Gasteiger partial charge in [0.2, 0.25) is 0 Å². The van der Waals surface area contributed by atoms with Crippen molar-refractivity contribution < 1.29 is 9.53 Å². The molecule has 1 heterocycles. The lowest BCUT2D eigenvalue weighted by atomic mass is 9.94. The van der Waals surface area contributed by atoms with E-state index in [0.717, 1.165) is 11.3 Å². The molecule has 0 spiro atoms.